The van der Waals surface area contributed by atoms with Crippen LogP contribution < -0.4 is 4.74 Å². The van der Waals surface area contributed by atoms with Crippen molar-refractivity contribution in [3.63, 3.8) is 0 Å². The summed E-state index contributed by atoms with van der Waals surface area (Å²) in [5, 5.41) is 8.92. The first kappa shape index (κ1) is 15.6. The third-order valence-corrected chi connectivity index (χ3v) is 3.34. The topological polar surface area (TPSA) is 49.8 Å². The minimum atomic E-state index is -4.65. The van der Waals surface area contributed by atoms with Crippen LogP contribution in [0.15, 0.2) is 18.2 Å². The van der Waals surface area contributed by atoms with Gasteiger partial charge in [-0.25, -0.2) is 4.79 Å². The maximum absolute atomic E-state index is 13.0. The lowest BCUT2D eigenvalue weighted by atomic mass is 10.1. The minimum absolute atomic E-state index is 0.111. The highest BCUT2D eigenvalue weighted by Crippen LogP contribution is 2.37. The number of likely N-dealkylation sites (tertiary alicyclic amines) is 1. The lowest BCUT2D eigenvalue weighted by Crippen LogP contribution is -2.37. The first-order valence-corrected chi connectivity index (χ1v) is 6.69. The molecule has 0 spiro atoms. The summed E-state index contributed by atoms with van der Waals surface area (Å²) in [6.45, 7) is 0.479. The Kier molecular flexibility index (Phi) is 4.72. The van der Waals surface area contributed by atoms with Gasteiger partial charge in [-0.1, -0.05) is 6.07 Å². The van der Waals surface area contributed by atoms with Gasteiger partial charge in [-0.2, -0.15) is 13.2 Å². The average Bonchev–Trinajstić information content (AvgIpc) is 2.47. The second kappa shape index (κ2) is 6.34. The summed E-state index contributed by atoms with van der Waals surface area (Å²) < 4.78 is 43.8. The number of hydrogen-bond donors (Lipinski definition) is 1. The fourth-order valence-electron chi connectivity index (χ4n) is 2.22. The summed E-state index contributed by atoms with van der Waals surface area (Å²) in [7, 11) is 0. The normalized spacial score (nSPS) is 15.9. The van der Waals surface area contributed by atoms with Crippen LogP contribution in [0.25, 0.3) is 0 Å². The van der Waals surface area contributed by atoms with Crippen LogP contribution in [0.2, 0.25) is 0 Å². The van der Waals surface area contributed by atoms with Crippen molar-refractivity contribution in [2.24, 2.45) is 0 Å². The summed E-state index contributed by atoms with van der Waals surface area (Å²) in [6.07, 6.45) is -2.77. The Balaban J connectivity index is 2.20. The van der Waals surface area contributed by atoms with Crippen molar-refractivity contribution < 1.29 is 27.8 Å². The Morgan fingerprint density at radius 1 is 1.24 bits per heavy atom. The molecule has 0 saturated carbocycles. The molecule has 7 heteroatoms. The third-order valence-electron chi connectivity index (χ3n) is 3.34. The van der Waals surface area contributed by atoms with Crippen molar-refractivity contribution in [3.8, 4) is 5.75 Å². The number of ether oxygens (including phenoxy) is 1. The van der Waals surface area contributed by atoms with E-state index in [1.165, 1.54) is 11.0 Å². The molecule has 2 rings (SSSR count). The standard InChI is InChI=1S/C14H16F3NO3/c15-14(16,17)11-8-10(9-19)4-5-12(11)21-13(20)18-6-2-1-3-7-18/h4-5,8,19H,1-3,6-7,9H2. The first-order valence-electron chi connectivity index (χ1n) is 6.69. The maximum Gasteiger partial charge on any atom is 0.419 e. The Labute approximate surface area is 120 Å². The Morgan fingerprint density at radius 3 is 2.48 bits per heavy atom. The summed E-state index contributed by atoms with van der Waals surface area (Å²) in [5.74, 6) is -0.532. The molecule has 21 heavy (non-hydrogen) atoms. The van der Waals surface area contributed by atoms with Crippen LogP contribution in [-0.4, -0.2) is 29.2 Å². The predicted molar refractivity (Wildman–Crippen MR) is 68.8 cm³/mol. The van der Waals surface area contributed by atoms with Gasteiger partial charge in [0.1, 0.15) is 5.75 Å². The van der Waals surface area contributed by atoms with Crippen LogP contribution in [0.5, 0.6) is 5.75 Å². The minimum Gasteiger partial charge on any atom is -0.410 e. The van der Waals surface area contributed by atoms with Crippen LogP contribution in [0.1, 0.15) is 30.4 Å². The van der Waals surface area contributed by atoms with E-state index in [1.54, 1.807) is 0 Å². The van der Waals surface area contributed by atoms with Crippen LogP contribution >= 0.6 is 0 Å². The summed E-state index contributed by atoms with van der Waals surface area (Å²) in [6, 6.07) is 3.16. The first-order chi connectivity index (χ1) is 9.91. The lowest BCUT2D eigenvalue weighted by molar-refractivity contribution is -0.138. The van der Waals surface area contributed by atoms with Gasteiger partial charge in [0.2, 0.25) is 0 Å². The zero-order valence-electron chi connectivity index (χ0n) is 11.3. The number of carbonyl (C=O) groups is 1. The number of aliphatic hydroxyl groups excluding tert-OH is 1. The summed E-state index contributed by atoms with van der Waals surface area (Å²) >= 11 is 0. The lowest BCUT2D eigenvalue weighted by Gasteiger charge is -2.26. The van der Waals surface area contributed by atoms with Crippen molar-refractivity contribution in [1.82, 2.24) is 4.90 Å². The zero-order valence-corrected chi connectivity index (χ0v) is 11.3. The van der Waals surface area contributed by atoms with E-state index in [0.29, 0.717) is 13.1 Å². The molecule has 1 aliphatic heterocycles. The molecular formula is C14H16F3NO3. The van der Waals surface area contributed by atoms with Crippen LogP contribution in [0.3, 0.4) is 0 Å². The van der Waals surface area contributed by atoms with Gasteiger partial charge in [0, 0.05) is 13.1 Å². The van der Waals surface area contributed by atoms with Crippen molar-refractivity contribution in [2.45, 2.75) is 32.0 Å². The Morgan fingerprint density at radius 2 is 1.90 bits per heavy atom. The van der Waals surface area contributed by atoms with Gasteiger partial charge < -0.3 is 14.7 Å². The number of amides is 1. The molecule has 116 valence electrons. The van der Waals surface area contributed by atoms with Gasteiger partial charge in [-0.3, -0.25) is 0 Å². The highest BCUT2D eigenvalue weighted by molar-refractivity contribution is 5.71. The molecule has 1 aromatic rings. The molecule has 1 aliphatic rings. The van der Waals surface area contributed by atoms with E-state index in [2.05, 4.69) is 0 Å². The second-order valence-electron chi connectivity index (χ2n) is 4.90. The number of rotatable bonds is 2. The molecule has 1 aromatic carbocycles. The number of carbonyl (C=O) groups excluding carboxylic acids is 1. The Hall–Kier alpha value is -1.76. The highest BCUT2D eigenvalue weighted by Gasteiger charge is 2.35. The van der Waals surface area contributed by atoms with Gasteiger partial charge in [0.15, 0.2) is 0 Å². The quantitative estimate of drug-likeness (QED) is 0.913. The number of halogens is 3. The monoisotopic (exact) mass is 303 g/mol. The smallest absolute Gasteiger partial charge is 0.410 e. The average molecular weight is 303 g/mol. The van der Waals surface area contributed by atoms with E-state index in [1.807, 2.05) is 0 Å². The van der Waals surface area contributed by atoms with E-state index in [0.717, 1.165) is 31.4 Å². The number of hydrogen-bond acceptors (Lipinski definition) is 3. The zero-order chi connectivity index (χ0) is 15.5. The highest BCUT2D eigenvalue weighted by atomic mass is 19.4. The molecule has 0 atom stereocenters. The van der Waals surface area contributed by atoms with Gasteiger partial charge in [-0.15, -0.1) is 0 Å². The van der Waals surface area contributed by atoms with Gasteiger partial charge in [-0.05, 0) is 37.0 Å². The van der Waals surface area contributed by atoms with E-state index < -0.39 is 30.2 Å². The molecule has 4 nitrogen and oxygen atoms in total. The summed E-state index contributed by atoms with van der Waals surface area (Å²) in [5.41, 5.74) is -0.945. The van der Waals surface area contributed by atoms with Crippen LogP contribution in [0.4, 0.5) is 18.0 Å². The molecule has 1 amide bonds. The molecule has 1 N–H and O–H groups in total. The largest absolute Gasteiger partial charge is 0.419 e. The second-order valence-corrected chi connectivity index (χ2v) is 4.90. The Bertz CT molecular complexity index is 511. The molecule has 1 heterocycles. The fourth-order valence-corrected chi connectivity index (χ4v) is 2.22. The number of piperidine rings is 1. The molecule has 0 radical (unpaired) electrons. The van der Waals surface area contributed by atoms with Gasteiger partial charge in [0.05, 0.1) is 12.2 Å². The number of nitrogens with zero attached hydrogens (tertiary/aromatic N) is 1. The van der Waals surface area contributed by atoms with Crippen LogP contribution in [-0.2, 0) is 12.8 Å². The molecule has 0 aliphatic carbocycles. The molecule has 1 saturated heterocycles. The number of alkyl halides is 3. The number of aliphatic hydroxyl groups is 1. The fraction of sp³-hybridized carbons (Fsp3) is 0.500. The van der Waals surface area contributed by atoms with Gasteiger partial charge in [0.25, 0.3) is 0 Å². The van der Waals surface area contributed by atoms with E-state index in [9.17, 15) is 18.0 Å². The molecule has 0 bridgehead atoms. The van der Waals surface area contributed by atoms with Crippen LogP contribution in [0, 0.1) is 0 Å². The molecule has 0 unspecified atom stereocenters. The van der Waals surface area contributed by atoms with Crippen molar-refractivity contribution in [1.29, 1.82) is 0 Å². The maximum atomic E-state index is 13.0. The molecule has 0 aromatic heterocycles. The van der Waals surface area contributed by atoms with E-state index in [-0.39, 0.29) is 5.56 Å². The van der Waals surface area contributed by atoms with E-state index >= 15 is 0 Å². The summed E-state index contributed by atoms with van der Waals surface area (Å²) in [4.78, 5) is 13.3. The van der Waals surface area contributed by atoms with Crippen molar-refractivity contribution >= 4 is 6.09 Å². The van der Waals surface area contributed by atoms with Gasteiger partial charge >= 0.3 is 12.3 Å². The van der Waals surface area contributed by atoms with Crippen molar-refractivity contribution in [2.75, 3.05) is 13.1 Å². The predicted octanol–water partition coefficient (Wildman–Crippen LogP) is 3.18. The number of benzene rings is 1. The molecule has 1 fully saturated rings. The SMILES string of the molecule is O=C(Oc1ccc(CO)cc1C(F)(F)F)N1CCCCC1. The van der Waals surface area contributed by atoms with E-state index in [4.69, 9.17) is 9.84 Å². The third kappa shape index (κ3) is 3.87. The van der Waals surface area contributed by atoms with Crippen molar-refractivity contribution in [3.05, 3.63) is 29.3 Å². The molecular weight excluding hydrogens is 287 g/mol.